The number of anilines is 1. The highest BCUT2D eigenvalue weighted by atomic mass is 32.2. The second kappa shape index (κ2) is 6.40. The van der Waals surface area contributed by atoms with E-state index in [2.05, 4.69) is 15.5 Å². The average Bonchev–Trinajstić information content (AvgIpc) is 3.29. The molecule has 10 heteroatoms. The van der Waals surface area contributed by atoms with Gasteiger partial charge >= 0.3 is 6.01 Å². The van der Waals surface area contributed by atoms with Crippen molar-refractivity contribution < 1.29 is 27.1 Å². The lowest BCUT2D eigenvalue weighted by molar-refractivity contribution is 0.102. The number of nitrogens with one attached hydrogen (secondary N) is 1. The lowest BCUT2D eigenvalue weighted by Crippen LogP contribution is -2.12. The van der Waals surface area contributed by atoms with Crippen LogP contribution in [0.1, 0.15) is 10.4 Å². The third-order valence-corrected chi connectivity index (χ3v) is 4.94. The lowest BCUT2D eigenvalue weighted by atomic mass is 10.2. The van der Waals surface area contributed by atoms with Crippen LogP contribution in [-0.4, -0.2) is 37.6 Å². The van der Waals surface area contributed by atoms with Crippen molar-refractivity contribution in [2.45, 2.75) is 4.90 Å². The van der Waals surface area contributed by atoms with Gasteiger partial charge in [0.25, 0.3) is 5.91 Å². The molecular weight excluding hydrogens is 374 g/mol. The Morgan fingerprint density at radius 1 is 1.04 bits per heavy atom. The standard InChI is InChI=1S/C17H13N3O6S/c1-27(22,23)12-5-2-10(3-6-12)16-19-20-17(26-16)18-15(21)11-4-7-13-14(8-11)25-9-24-13/h2-8H,9H2,1H3,(H,18,20,21). The molecule has 0 fully saturated rings. The second-order valence-corrected chi connectivity index (χ2v) is 7.75. The minimum atomic E-state index is -3.29. The molecule has 4 rings (SSSR count). The van der Waals surface area contributed by atoms with E-state index in [1.165, 1.54) is 12.1 Å². The zero-order chi connectivity index (χ0) is 19.0. The molecule has 3 aromatic rings. The Morgan fingerprint density at radius 2 is 1.78 bits per heavy atom. The largest absolute Gasteiger partial charge is 0.454 e. The van der Waals surface area contributed by atoms with Crippen LogP contribution in [0.25, 0.3) is 11.5 Å². The number of hydrogen-bond acceptors (Lipinski definition) is 8. The van der Waals surface area contributed by atoms with Gasteiger partial charge in [-0.15, -0.1) is 5.10 Å². The molecule has 0 radical (unpaired) electrons. The van der Waals surface area contributed by atoms with Gasteiger partial charge in [0.15, 0.2) is 21.3 Å². The molecule has 0 saturated carbocycles. The number of benzene rings is 2. The first-order valence-electron chi connectivity index (χ1n) is 7.75. The first kappa shape index (κ1) is 17.0. The fourth-order valence-corrected chi connectivity index (χ4v) is 3.07. The van der Waals surface area contributed by atoms with Gasteiger partial charge in [-0.2, -0.15) is 0 Å². The molecule has 1 N–H and O–H groups in total. The van der Waals surface area contributed by atoms with Gasteiger partial charge in [0, 0.05) is 17.4 Å². The van der Waals surface area contributed by atoms with E-state index in [1.807, 2.05) is 0 Å². The quantitative estimate of drug-likeness (QED) is 0.723. The molecule has 0 unspecified atom stereocenters. The maximum Gasteiger partial charge on any atom is 0.322 e. The highest BCUT2D eigenvalue weighted by molar-refractivity contribution is 7.90. The fraction of sp³-hybridized carbons (Fsp3) is 0.118. The van der Waals surface area contributed by atoms with E-state index in [-0.39, 0.29) is 23.6 Å². The Labute approximate surface area is 153 Å². The Morgan fingerprint density at radius 3 is 2.52 bits per heavy atom. The number of carbonyl (C=O) groups excluding carboxylic acids is 1. The number of amides is 1. The minimum Gasteiger partial charge on any atom is -0.454 e. The van der Waals surface area contributed by atoms with Crippen molar-refractivity contribution in [1.82, 2.24) is 10.2 Å². The first-order valence-corrected chi connectivity index (χ1v) is 9.64. The first-order chi connectivity index (χ1) is 12.9. The van der Waals surface area contributed by atoms with E-state index in [0.717, 1.165) is 6.26 Å². The molecule has 1 aromatic heterocycles. The molecule has 138 valence electrons. The van der Waals surface area contributed by atoms with Crippen molar-refractivity contribution in [3.63, 3.8) is 0 Å². The molecule has 0 aliphatic carbocycles. The van der Waals surface area contributed by atoms with Gasteiger partial charge in [0.1, 0.15) is 0 Å². The van der Waals surface area contributed by atoms with Crippen LogP contribution < -0.4 is 14.8 Å². The number of sulfone groups is 1. The van der Waals surface area contributed by atoms with E-state index in [1.54, 1.807) is 30.3 Å². The van der Waals surface area contributed by atoms with Crippen LogP contribution in [0.5, 0.6) is 11.5 Å². The predicted molar refractivity (Wildman–Crippen MR) is 93.4 cm³/mol. The second-order valence-electron chi connectivity index (χ2n) is 5.73. The predicted octanol–water partition coefficient (Wildman–Crippen LogP) is 2.12. The topological polar surface area (TPSA) is 121 Å². The summed E-state index contributed by atoms with van der Waals surface area (Å²) in [5, 5.41) is 10.1. The fourth-order valence-electron chi connectivity index (χ4n) is 2.44. The molecule has 2 heterocycles. The lowest BCUT2D eigenvalue weighted by Gasteiger charge is -2.02. The van der Waals surface area contributed by atoms with Gasteiger partial charge in [-0.25, -0.2) is 8.42 Å². The number of carbonyl (C=O) groups is 1. The van der Waals surface area contributed by atoms with E-state index in [9.17, 15) is 13.2 Å². The number of hydrogen-bond donors (Lipinski definition) is 1. The summed E-state index contributed by atoms with van der Waals surface area (Å²) in [7, 11) is -3.29. The highest BCUT2D eigenvalue weighted by Gasteiger charge is 2.18. The maximum absolute atomic E-state index is 12.3. The summed E-state index contributed by atoms with van der Waals surface area (Å²) in [5.74, 6) is 0.760. The molecule has 0 atom stereocenters. The normalized spacial score (nSPS) is 12.8. The van der Waals surface area contributed by atoms with Gasteiger partial charge < -0.3 is 13.9 Å². The zero-order valence-corrected chi connectivity index (χ0v) is 14.8. The summed E-state index contributed by atoms with van der Waals surface area (Å²) < 4.78 is 38.9. The van der Waals surface area contributed by atoms with Crippen molar-refractivity contribution in [1.29, 1.82) is 0 Å². The SMILES string of the molecule is CS(=O)(=O)c1ccc(-c2nnc(NC(=O)c3ccc4c(c3)OCO4)o2)cc1. The van der Waals surface area contributed by atoms with Crippen LogP contribution >= 0.6 is 0 Å². The number of nitrogens with zero attached hydrogens (tertiary/aromatic N) is 2. The highest BCUT2D eigenvalue weighted by Crippen LogP contribution is 2.32. The zero-order valence-electron chi connectivity index (χ0n) is 14.0. The van der Waals surface area contributed by atoms with Crippen LogP contribution in [0, 0.1) is 0 Å². The molecule has 0 bridgehead atoms. The van der Waals surface area contributed by atoms with Crippen molar-refractivity contribution >= 4 is 21.8 Å². The molecule has 9 nitrogen and oxygen atoms in total. The summed E-state index contributed by atoms with van der Waals surface area (Å²) in [4.78, 5) is 12.5. The molecule has 2 aromatic carbocycles. The smallest absolute Gasteiger partial charge is 0.322 e. The summed E-state index contributed by atoms with van der Waals surface area (Å²) >= 11 is 0. The third kappa shape index (κ3) is 3.47. The molecule has 1 aliphatic heterocycles. The molecule has 0 saturated heterocycles. The van der Waals surface area contributed by atoms with Gasteiger partial charge in [-0.05, 0) is 42.5 Å². The molecule has 27 heavy (non-hydrogen) atoms. The van der Waals surface area contributed by atoms with E-state index in [4.69, 9.17) is 13.9 Å². The van der Waals surface area contributed by atoms with E-state index < -0.39 is 15.7 Å². The van der Waals surface area contributed by atoms with Crippen LogP contribution in [0.3, 0.4) is 0 Å². The van der Waals surface area contributed by atoms with Gasteiger partial charge in [0.2, 0.25) is 12.7 Å². The molecule has 0 spiro atoms. The maximum atomic E-state index is 12.3. The average molecular weight is 387 g/mol. The minimum absolute atomic E-state index is 0.0835. The Balaban J connectivity index is 1.50. The Hall–Kier alpha value is -3.40. The molecular formula is C17H13N3O6S. The Kier molecular flexibility index (Phi) is 4.04. The Bertz CT molecular complexity index is 1120. The third-order valence-electron chi connectivity index (χ3n) is 3.81. The summed E-state index contributed by atoms with van der Waals surface area (Å²) in [6.45, 7) is 0.117. The van der Waals surface area contributed by atoms with Crippen molar-refractivity contribution in [3.05, 3.63) is 48.0 Å². The van der Waals surface area contributed by atoms with E-state index >= 15 is 0 Å². The monoisotopic (exact) mass is 387 g/mol. The van der Waals surface area contributed by atoms with Crippen molar-refractivity contribution in [2.24, 2.45) is 0 Å². The van der Waals surface area contributed by atoms with E-state index in [0.29, 0.717) is 22.6 Å². The van der Waals surface area contributed by atoms with Crippen molar-refractivity contribution in [3.8, 4) is 23.0 Å². The van der Waals surface area contributed by atoms with Crippen molar-refractivity contribution in [2.75, 3.05) is 18.4 Å². The summed E-state index contributed by atoms with van der Waals surface area (Å²) in [5.41, 5.74) is 0.870. The summed E-state index contributed by atoms with van der Waals surface area (Å²) in [6.07, 6.45) is 1.12. The molecule has 1 aliphatic rings. The van der Waals surface area contributed by atoms with Crippen LogP contribution in [0.4, 0.5) is 6.01 Å². The van der Waals surface area contributed by atoms with Crippen LogP contribution in [0.15, 0.2) is 51.8 Å². The number of aromatic nitrogens is 2. The van der Waals surface area contributed by atoms with Crippen LogP contribution in [0.2, 0.25) is 0 Å². The number of fused-ring (bicyclic) bond motifs is 1. The molecule has 1 amide bonds. The van der Waals surface area contributed by atoms with Gasteiger partial charge in [0.05, 0.1) is 4.90 Å². The number of ether oxygens (including phenoxy) is 2. The number of rotatable bonds is 4. The van der Waals surface area contributed by atoms with Gasteiger partial charge in [-0.1, -0.05) is 5.10 Å². The summed E-state index contributed by atoms with van der Waals surface area (Å²) in [6, 6.07) is 10.7. The van der Waals surface area contributed by atoms with Gasteiger partial charge in [-0.3, -0.25) is 10.1 Å². The van der Waals surface area contributed by atoms with Crippen LogP contribution in [-0.2, 0) is 9.84 Å².